The third-order valence-electron chi connectivity index (χ3n) is 4.25. The van der Waals surface area contributed by atoms with E-state index in [1.54, 1.807) is 24.3 Å². The van der Waals surface area contributed by atoms with Crippen molar-refractivity contribution in [2.45, 2.75) is 0 Å². The second-order valence-electron chi connectivity index (χ2n) is 5.82. The zero-order chi connectivity index (χ0) is 19.0. The van der Waals surface area contributed by atoms with Crippen molar-refractivity contribution in [1.82, 2.24) is 0 Å². The summed E-state index contributed by atoms with van der Waals surface area (Å²) in [6, 6.07) is 14.3. The summed E-state index contributed by atoms with van der Waals surface area (Å²) in [6.45, 7) is 0. The second-order valence-corrected chi connectivity index (χ2v) is 6.26. The van der Waals surface area contributed by atoms with Crippen molar-refractivity contribution in [3.8, 4) is 11.1 Å². The van der Waals surface area contributed by atoms with Crippen LogP contribution in [0.25, 0.3) is 11.1 Å². The molecule has 112 valence electrons. The van der Waals surface area contributed by atoms with Gasteiger partial charge in [-0.1, -0.05) is 58.9 Å². The maximum atomic E-state index is 13.2. The smallest absolute Gasteiger partial charge is 0.192 e. The van der Waals surface area contributed by atoms with Gasteiger partial charge in [0.25, 0.3) is 0 Å². The molecule has 0 heterocycles. The topological polar surface area (TPSA) is 17.1 Å². The molecule has 0 amide bonds. The van der Waals surface area contributed by atoms with Gasteiger partial charge in [0.15, 0.2) is 5.78 Å². The molecule has 0 aromatic heterocycles. The summed E-state index contributed by atoms with van der Waals surface area (Å²) in [7, 11) is 29.6. The number of ketones is 1. The largest absolute Gasteiger partial charge is 0.289 e. The Morgan fingerprint density at radius 3 is 1.77 bits per heavy atom. The molecule has 3 aromatic rings. The van der Waals surface area contributed by atoms with E-state index in [2.05, 4.69) is 0 Å². The lowest BCUT2D eigenvalue weighted by Crippen LogP contribution is -2.57. The van der Waals surface area contributed by atoms with Crippen LogP contribution in [0.2, 0.25) is 5.02 Å². The van der Waals surface area contributed by atoms with Crippen LogP contribution in [0, 0.1) is 0 Å². The fraction of sp³-hybridized carbons (Fsp3) is 0. The van der Waals surface area contributed by atoms with Gasteiger partial charge in [0.2, 0.25) is 0 Å². The van der Waals surface area contributed by atoms with Crippen molar-refractivity contribution in [3.63, 3.8) is 0 Å². The maximum absolute atomic E-state index is 13.2. The van der Waals surface area contributed by atoms with E-state index in [0.717, 1.165) is 5.56 Å². The zero-order valence-corrected chi connectivity index (χ0v) is 14.5. The number of rotatable bonds is 3. The van der Waals surface area contributed by atoms with Gasteiger partial charge in [-0.15, -0.1) is 16.4 Å². The predicted octanol–water partition coefficient (Wildman–Crippen LogP) is -0.793. The Labute approximate surface area is 164 Å². The molecule has 0 spiro atoms. The molecule has 0 bridgehead atoms. The fourth-order valence-corrected chi connectivity index (χ4v) is 2.92. The lowest BCUT2D eigenvalue weighted by molar-refractivity contribution is 0.104. The molecule has 0 N–H and O–H groups in total. The van der Waals surface area contributed by atoms with Gasteiger partial charge >= 0.3 is 0 Å². The minimum atomic E-state index is -0.385. The van der Waals surface area contributed by atoms with Gasteiger partial charge in [-0.2, -0.15) is 0 Å². The van der Waals surface area contributed by atoms with Crippen LogP contribution in [0.5, 0.6) is 0 Å². The standard InChI is InChI=1S/C19H8B5ClO/c20-14-13(15(21)17(23)18(24)16(14)22)19(26)12-4-2-1-3-11(12)9-5-7-10(25)8-6-9/h1-8H. The van der Waals surface area contributed by atoms with E-state index in [9.17, 15) is 4.79 Å². The van der Waals surface area contributed by atoms with Crippen molar-refractivity contribution < 1.29 is 4.79 Å². The van der Waals surface area contributed by atoms with E-state index in [0.29, 0.717) is 16.1 Å². The van der Waals surface area contributed by atoms with Crippen LogP contribution in [0.4, 0.5) is 0 Å². The molecule has 0 fully saturated rings. The molecular weight excluding hydrogens is 334 g/mol. The highest BCUT2D eigenvalue weighted by atomic mass is 35.5. The first-order valence-corrected chi connectivity index (χ1v) is 8.11. The number of carbonyl (C=O) groups is 1. The van der Waals surface area contributed by atoms with Gasteiger partial charge in [-0.05, 0) is 23.3 Å². The summed E-state index contributed by atoms with van der Waals surface area (Å²) < 4.78 is 0. The van der Waals surface area contributed by atoms with Crippen LogP contribution < -0.4 is 27.3 Å². The van der Waals surface area contributed by atoms with E-state index in [-0.39, 0.29) is 38.7 Å². The number of hydrogen-bond acceptors (Lipinski definition) is 1. The Bertz CT molecular complexity index is 986. The van der Waals surface area contributed by atoms with E-state index in [1.807, 2.05) is 24.3 Å². The average Bonchev–Trinajstić information content (AvgIpc) is 2.65. The van der Waals surface area contributed by atoms with Gasteiger partial charge in [0.05, 0.1) is 0 Å². The summed E-state index contributed by atoms with van der Waals surface area (Å²) >= 11 is 5.95. The molecule has 26 heavy (non-hydrogen) atoms. The molecule has 0 aliphatic rings. The molecule has 3 aromatic carbocycles. The molecule has 7 heteroatoms. The summed E-state index contributed by atoms with van der Waals surface area (Å²) in [5, 5.41) is 0.602. The zero-order valence-electron chi connectivity index (χ0n) is 13.8. The molecule has 1 nitrogen and oxygen atoms in total. The lowest BCUT2D eigenvalue weighted by Gasteiger charge is -2.21. The first-order chi connectivity index (χ1) is 12.3. The number of benzene rings is 3. The average molecular weight is 342 g/mol. The van der Waals surface area contributed by atoms with Gasteiger partial charge < -0.3 is 0 Å². The number of hydrogen-bond donors (Lipinski definition) is 0. The monoisotopic (exact) mass is 342 g/mol. The minimum absolute atomic E-state index is 0.0186. The lowest BCUT2D eigenvalue weighted by atomic mass is 9.59. The van der Waals surface area contributed by atoms with Crippen molar-refractivity contribution >= 4 is 83.9 Å². The third kappa shape index (κ3) is 3.19. The normalized spacial score (nSPS) is 10.7. The molecule has 0 saturated carbocycles. The van der Waals surface area contributed by atoms with Gasteiger partial charge in [-0.25, -0.2) is 0 Å². The summed E-state index contributed by atoms with van der Waals surface area (Å²) in [5.74, 6) is -0.385. The first-order valence-electron chi connectivity index (χ1n) is 7.74. The molecule has 10 radical (unpaired) electrons. The minimum Gasteiger partial charge on any atom is -0.289 e. The van der Waals surface area contributed by atoms with E-state index in [4.69, 9.17) is 50.8 Å². The van der Waals surface area contributed by atoms with Crippen LogP contribution in [0.3, 0.4) is 0 Å². The highest BCUT2D eigenvalue weighted by Gasteiger charge is 2.20. The Hall–Kier alpha value is -2.06. The summed E-state index contributed by atoms with van der Waals surface area (Å²) in [5.41, 5.74) is 2.20. The van der Waals surface area contributed by atoms with E-state index < -0.39 is 0 Å². The predicted molar refractivity (Wildman–Crippen MR) is 114 cm³/mol. The van der Waals surface area contributed by atoms with E-state index in [1.165, 1.54) is 0 Å². The Kier molecular flexibility index (Phi) is 5.25. The highest BCUT2D eigenvalue weighted by molar-refractivity contribution is 6.68. The van der Waals surface area contributed by atoms with Gasteiger partial charge in [-0.3, -0.25) is 4.79 Å². The van der Waals surface area contributed by atoms with Crippen molar-refractivity contribution in [3.05, 3.63) is 64.7 Å². The van der Waals surface area contributed by atoms with Crippen LogP contribution >= 0.6 is 11.6 Å². The quantitative estimate of drug-likeness (QED) is 0.451. The molecule has 0 unspecified atom stereocenters. The highest BCUT2D eigenvalue weighted by Crippen LogP contribution is 2.26. The van der Waals surface area contributed by atoms with Gasteiger partial charge in [0.1, 0.15) is 39.2 Å². The fourth-order valence-electron chi connectivity index (χ4n) is 2.79. The Balaban J connectivity index is 2.21. The van der Waals surface area contributed by atoms with Crippen LogP contribution in [-0.2, 0) is 0 Å². The Morgan fingerprint density at radius 2 is 1.19 bits per heavy atom. The van der Waals surface area contributed by atoms with Gasteiger partial charge in [0, 0.05) is 16.1 Å². The maximum Gasteiger partial charge on any atom is 0.192 e. The van der Waals surface area contributed by atoms with Crippen LogP contribution in [0.15, 0.2) is 48.5 Å². The van der Waals surface area contributed by atoms with Crippen molar-refractivity contribution in [1.29, 1.82) is 0 Å². The molecule has 3 rings (SSSR count). The molecule has 0 atom stereocenters. The number of carbonyl (C=O) groups excluding carboxylic acids is 1. The second kappa shape index (κ2) is 7.29. The van der Waals surface area contributed by atoms with Crippen LogP contribution in [0.1, 0.15) is 15.9 Å². The van der Waals surface area contributed by atoms with Crippen molar-refractivity contribution in [2.24, 2.45) is 0 Å². The SMILES string of the molecule is [B]c1c([B])c([B])c(C(=O)c2ccccc2-c2ccc(Cl)cc2)c([B])c1[B]. The molecule has 0 aliphatic heterocycles. The molecule has 0 aliphatic carbocycles. The third-order valence-corrected chi connectivity index (χ3v) is 4.51. The summed E-state index contributed by atoms with van der Waals surface area (Å²) in [6.07, 6.45) is 0. The molecular formula is C19H8B5ClO. The summed E-state index contributed by atoms with van der Waals surface area (Å²) in [4.78, 5) is 13.2. The van der Waals surface area contributed by atoms with Crippen LogP contribution in [-0.4, -0.2) is 45.0 Å². The van der Waals surface area contributed by atoms with E-state index >= 15 is 0 Å². The first kappa shape index (κ1) is 18.7. The van der Waals surface area contributed by atoms with Crippen molar-refractivity contribution in [2.75, 3.05) is 0 Å². The Morgan fingerprint density at radius 1 is 0.692 bits per heavy atom. The molecule has 0 saturated heterocycles. The number of halogens is 1.